The van der Waals surface area contributed by atoms with Gasteiger partial charge in [-0.25, -0.2) is 0 Å². The van der Waals surface area contributed by atoms with Crippen molar-refractivity contribution in [3.8, 4) is 0 Å². The van der Waals surface area contributed by atoms with Crippen LogP contribution in [-0.2, 0) is 4.79 Å². The first kappa shape index (κ1) is 45.2. The van der Waals surface area contributed by atoms with E-state index in [0.29, 0.717) is 25.5 Å². The van der Waals surface area contributed by atoms with Crippen molar-refractivity contribution in [2.24, 2.45) is 0 Å². The summed E-state index contributed by atoms with van der Waals surface area (Å²) < 4.78 is 0.506. The topological polar surface area (TPSA) is 60.4 Å². The van der Waals surface area contributed by atoms with Gasteiger partial charge in [0.05, 0.1) is 21.1 Å². The van der Waals surface area contributed by atoms with Gasteiger partial charge in [0.2, 0.25) is 0 Å². The molecule has 1 N–H and O–H groups in total. The highest BCUT2D eigenvalue weighted by atomic mass is 31.1. The SMILES string of the molecule is CCCCCCCCCCCCCCCCC(=O)PC(O)C(P=C([O-])CCCCCCCCCCCCCCCC)[N+](C)(C)C. The van der Waals surface area contributed by atoms with Crippen molar-refractivity contribution in [1.29, 1.82) is 0 Å². The van der Waals surface area contributed by atoms with Gasteiger partial charge in [0.1, 0.15) is 5.85 Å². The molecule has 0 aromatic rings. The van der Waals surface area contributed by atoms with Gasteiger partial charge in [-0.05, 0) is 21.4 Å². The largest absolute Gasteiger partial charge is 0.827 e. The molecule has 6 heteroatoms. The Morgan fingerprint density at radius 1 is 0.556 bits per heavy atom. The van der Waals surface area contributed by atoms with E-state index >= 15 is 0 Å². The van der Waals surface area contributed by atoms with Crippen LogP contribution in [0.15, 0.2) is 0 Å². The summed E-state index contributed by atoms with van der Waals surface area (Å²) in [4.78, 5) is 12.7. The van der Waals surface area contributed by atoms with Crippen LogP contribution in [0.25, 0.3) is 0 Å². The highest BCUT2D eigenvalue weighted by Crippen LogP contribution is 2.33. The molecule has 0 bridgehead atoms. The van der Waals surface area contributed by atoms with Crippen LogP contribution in [0.4, 0.5) is 0 Å². The van der Waals surface area contributed by atoms with Crippen LogP contribution in [0.5, 0.6) is 0 Å². The number of carbonyl (C=O) groups excluding carboxylic acids is 1. The molecular formula is C39H79NO3P2. The van der Waals surface area contributed by atoms with Crippen molar-refractivity contribution in [2.75, 3.05) is 21.1 Å². The molecule has 0 saturated heterocycles. The molecule has 0 fully saturated rings. The van der Waals surface area contributed by atoms with Gasteiger partial charge in [-0.2, -0.15) is 0 Å². The van der Waals surface area contributed by atoms with Gasteiger partial charge < -0.3 is 14.7 Å². The van der Waals surface area contributed by atoms with Crippen molar-refractivity contribution in [2.45, 2.75) is 218 Å². The summed E-state index contributed by atoms with van der Waals surface area (Å²) in [5.74, 6) is -0.964. The molecule has 0 aliphatic rings. The van der Waals surface area contributed by atoms with E-state index in [1.165, 1.54) is 154 Å². The van der Waals surface area contributed by atoms with E-state index < -0.39 is 5.85 Å². The van der Waals surface area contributed by atoms with E-state index in [-0.39, 0.29) is 25.4 Å². The van der Waals surface area contributed by atoms with Crippen molar-refractivity contribution in [1.82, 2.24) is 0 Å². The number of hydrogen-bond acceptors (Lipinski definition) is 3. The third-order valence-electron chi connectivity index (χ3n) is 9.16. The van der Waals surface area contributed by atoms with E-state index in [1.807, 2.05) is 21.1 Å². The molecule has 0 aromatic carbocycles. The van der Waals surface area contributed by atoms with Gasteiger partial charge in [-0.15, -0.1) is 5.48 Å². The summed E-state index contributed by atoms with van der Waals surface area (Å²) in [7, 11) is 6.66. The summed E-state index contributed by atoms with van der Waals surface area (Å²) in [6, 6.07) is 0. The first-order valence-corrected chi connectivity index (χ1v) is 21.8. The molecule has 4 nitrogen and oxygen atoms in total. The lowest BCUT2D eigenvalue weighted by molar-refractivity contribution is -0.882. The molecule has 0 rings (SSSR count). The maximum atomic E-state index is 12.8. The normalized spacial score (nSPS) is 14.1. The quantitative estimate of drug-likeness (QED) is 0.0414. The standard InChI is InChI=1S/C39H79NO3P2/c1-6-8-10-12-14-16-18-20-22-24-26-28-30-32-34-36(41)44-38(40(3,4)5)39(43)45-37(42)35-33-31-29-27-25-23-21-19-17-15-13-11-9-7-2/h38-39,43,45H,6-35H2,1-5H3. The van der Waals surface area contributed by atoms with Crippen LogP contribution in [-0.4, -0.2) is 53.4 Å². The molecule has 0 aromatic heterocycles. The zero-order chi connectivity index (χ0) is 33.4. The Balaban J connectivity index is 3.98. The molecule has 0 radical (unpaired) electrons. The highest BCUT2D eigenvalue weighted by Gasteiger charge is 2.31. The van der Waals surface area contributed by atoms with E-state index in [0.717, 1.165) is 25.7 Å². The number of hydrogen-bond donors (Lipinski definition) is 1. The maximum Gasteiger partial charge on any atom is 0.158 e. The Hall–Kier alpha value is 0.150. The molecule has 0 spiro atoms. The molecule has 268 valence electrons. The summed E-state index contributed by atoms with van der Waals surface area (Å²) in [6.45, 7) is 4.55. The Morgan fingerprint density at radius 3 is 1.16 bits per heavy atom. The first-order chi connectivity index (χ1) is 21.7. The van der Waals surface area contributed by atoms with E-state index in [1.54, 1.807) is 0 Å². The van der Waals surface area contributed by atoms with E-state index in [2.05, 4.69) is 13.8 Å². The van der Waals surface area contributed by atoms with Crippen molar-refractivity contribution in [3.05, 3.63) is 0 Å². The first-order valence-electron chi connectivity index (χ1n) is 19.7. The second-order valence-corrected chi connectivity index (χ2v) is 17.5. The van der Waals surface area contributed by atoms with Gasteiger partial charge >= 0.3 is 0 Å². The van der Waals surface area contributed by atoms with Crippen molar-refractivity contribution >= 4 is 27.8 Å². The highest BCUT2D eigenvalue weighted by molar-refractivity contribution is 7.59. The molecular weight excluding hydrogens is 592 g/mol. The summed E-state index contributed by atoms with van der Waals surface area (Å²) >= 11 is 0. The lowest BCUT2D eigenvalue weighted by Gasteiger charge is -2.35. The van der Waals surface area contributed by atoms with E-state index in [9.17, 15) is 15.0 Å². The fourth-order valence-corrected chi connectivity index (χ4v) is 8.91. The Morgan fingerprint density at radius 2 is 0.844 bits per heavy atom. The molecule has 0 aliphatic carbocycles. The maximum absolute atomic E-state index is 12.8. The minimum absolute atomic E-state index is 0.113. The predicted octanol–water partition coefficient (Wildman–Crippen LogP) is 11.7. The predicted molar refractivity (Wildman–Crippen MR) is 203 cm³/mol. The van der Waals surface area contributed by atoms with Gasteiger partial charge in [-0.1, -0.05) is 195 Å². The zero-order valence-corrected chi connectivity index (χ0v) is 32.9. The smallest absolute Gasteiger partial charge is 0.158 e. The zero-order valence-electron chi connectivity index (χ0n) is 31.0. The van der Waals surface area contributed by atoms with E-state index in [4.69, 9.17) is 0 Å². The van der Waals surface area contributed by atoms with Crippen LogP contribution < -0.4 is 5.11 Å². The van der Waals surface area contributed by atoms with Crippen LogP contribution in [0.3, 0.4) is 0 Å². The molecule has 0 aliphatic heterocycles. The number of nitrogens with zero attached hydrogens (tertiary/aromatic N) is 1. The third-order valence-corrected chi connectivity index (χ3v) is 12.4. The molecule has 45 heavy (non-hydrogen) atoms. The van der Waals surface area contributed by atoms with Gasteiger partial charge in [0, 0.05) is 6.42 Å². The number of unbranched alkanes of at least 4 members (excludes halogenated alkanes) is 26. The minimum Gasteiger partial charge on any atom is -0.827 e. The average molecular weight is 672 g/mol. The Bertz CT molecular complexity index is 680. The summed E-state index contributed by atoms with van der Waals surface area (Å²) in [5, 5.41) is 23.8. The van der Waals surface area contributed by atoms with Crippen LogP contribution >= 0.6 is 16.8 Å². The number of rotatable bonds is 35. The molecule has 3 unspecified atom stereocenters. The Labute approximate surface area is 285 Å². The molecule has 0 heterocycles. The number of quaternary nitrogens is 1. The monoisotopic (exact) mass is 672 g/mol. The minimum atomic E-state index is -0.730. The molecule has 3 atom stereocenters. The van der Waals surface area contributed by atoms with Crippen molar-refractivity contribution < 1.29 is 19.5 Å². The summed E-state index contributed by atoms with van der Waals surface area (Å²) in [6.07, 6.45) is 37.9. The van der Waals surface area contributed by atoms with Gasteiger partial charge in [0.25, 0.3) is 0 Å². The second-order valence-electron chi connectivity index (χ2n) is 14.8. The third kappa shape index (κ3) is 31.2. The lowest BCUT2D eigenvalue weighted by atomic mass is 10.0. The molecule has 0 saturated carbocycles. The number of aliphatic hydroxyl groups excluding tert-OH is 1. The Kier molecular flexibility index (Phi) is 32.8. The number of aliphatic hydroxyl groups is 1. The van der Waals surface area contributed by atoms with Crippen LogP contribution in [0.2, 0.25) is 0 Å². The number of likely N-dealkylation sites (N-methyl/N-ethyl adjacent to an activating group) is 1. The lowest BCUT2D eigenvalue weighted by Crippen LogP contribution is -2.48. The second kappa shape index (κ2) is 32.7. The average Bonchev–Trinajstić information content (AvgIpc) is 2.99. The fourth-order valence-electron chi connectivity index (χ4n) is 6.14. The summed E-state index contributed by atoms with van der Waals surface area (Å²) in [5.41, 5.74) is 0.393. The van der Waals surface area contributed by atoms with Crippen molar-refractivity contribution in [3.63, 3.8) is 0 Å². The van der Waals surface area contributed by atoms with Crippen LogP contribution in [0.1, 0.15) is 206 Å². The molecule has 0 amide bonds. The number of carbonyl (C=O) groups is 1. The van der Waals surface area contributed by atoms with Gasteiger partial charge in [-0.3, -0.25) is 4.79 Å². The van der Waals surface area contributed by atoms with Gasteiger partial charge in [0.15, 0.2) is 11.3 Å². The fraction of sp³-hybridized carbons (Fsp3) is 0.949. The van der Waals surface area contributed by atoms with Crippen LogP contribution in [0, 0.1) is 0 Å².